The molecule has 34 heteroatoms. The van der Waals surface area contributed by atoms with Gasteiger partial charge in [0, 0.05) is 84.8 Å². The molecule has 1 saturated heterocycles. The summed E-state index contributed by atoms with van der Waals surface area (Å²) in [4.78, 5) is 55.9. The summed E-state index contributed by atoms with van der Waals surface area (Å²) in [6.45, 7) is 6.43. The van der Waals surface area contributed by atoms with E-state index in [-0.39, 0.29) is 151 Å². The normalized spacial score (nSPS) is 20.0. The maximum Gasteiger partial charge on any atom is 0.333 e. The van der Waals surface area contributed by atoms with Gasteiger partial charge in [-0.3, -0.25) is 37.1 Å². The number of carbonyl (C=O) groups excluding carboxylic acids is 4. The van der Waals surface area contributed by atoms with Gasteiger partial charge in [-0.25, -0.2) is 4.79 Å². The maximum atomic E-state index is 15.0. The first-order chi connectivity index (χ1) is 42.1. The minimum Gasteiger partial charge on any atom is -0.506 e. The zero-order chi connectivity index (χ0) is 66.1. The standard InChI is InChI=1S/C56H65N3O26S5/c1-5-57-42-11-9-36-38(28-34(87(68,69)70)30-44(36)89(74,75)76)51(42)55(2,15-7-27-86(65,66)67)46(57)32-40-53(63)41(54(40)64)33-47-56(3,16-18-81-21-22-83-25-26-84-24-23-82-20-19-80-4)52-39-29-35(88(71,72)73)31-45(90(77,78)79)37(39)10-12-43(52)58(47)17-6-8-50(62)85-59-48(60)13-14-49(59)61/h9-12,28-33H,5-8,13-27H2,1-4H3,(H5-,63,64,65,66,67,68,69,70,71,72,73,74,75,76,77,78,79)/p+1. The number of anilines is 1. The quantitative estimate of drug-likeness (QED) is 0.0133. The second-order valence-corrected chi connectivity index (χ2v) is 28.9. The van der Waals surface area contributed by atoms with Gasteiger partial charge in [-0.05, 0) is 105 Å². The summed E-state index contributed by atoms with van der Waals surface area (Å²) in [5, 5.41) is 11.9. The number of ketones is 1. The Morgan fingerprint density at radius 3 is 1.62 bits per heavy atom. The number of hydroxylamine groups is 2. The zero-order valence-corrected chi connectivity index (χ0v) is 53.0. The largest absolute Gasteiger partial charge is 0.506 e. The van der Waals surface area contributed by atoms with E-state index in [4.69, 9.17) is 28.5 Å². The predicted octanol–water partition coefficient (Wildman–Crippen LogP) is 4.50. The number of Topliss-reactive ketones (excluding diaryl/α,β-unsaturated/α-hetero) is 1. The van der Waals surface area contributed by atoms with E-state index in [1.807, 2.05) is 0 Å². The van der Waals surface area contributed by atoms with Gasteiger partial charge in [0.05, 0.1) is 85.0 Å². The van der Waals surface area contributed by atoms with Crippen molar-refractivity contribution in [2.45, 2.75) is 96.1 Å². The van der Waals surface area contributed by atoms with E-state index >= 15 is 0 Å². The van der Waals surface area contributed by atoms with Gasteiger partial charge in [-0.1, -0.05) is 6.07 Å². The molecule has 490 valence electrons. The van der Waals surface area contributed by atoms with Crippen molar-refractivity contribution in [2.24, 2.45) is 0 Å². The Labute approximate surface area is 518 Å². The smallest absolute Gasteiger partial charge is 0.333 e. The number of aliphatic hydroxyl groups excluding tert-OH is 1. The molecular formula is C56H66N3O26S5+. The molecule has 4 aromatic rings. The van der Waals surface area contributed by atoms with Crippen LogP contribution in [-0.2, 0) is 109 Å². The van der Waals surface area contributed by atoms with Gasteiger partial charge >= 0.3 is 5.97 Å². The first-order valence-corrected chi connectivity index (χ1v) is 35.2. The molecule has 2 amide bonds. The van der Waals surface area contributed by atoms with E-state index in [1.165, 1.54) is 36.4 Å². The van der Waals surface area contributed by atoms with E-state index in [1.54, 1.807) is 37.4 Å². The minimum absolute atomic E-state index is 0.00467. The summed E-state index contributed by atoms with van der Waals surface area (Å²) < 4.78 is 208. The third-order valence-electron chi connectivity index (χ3n) is 15.9. The topological polar surface area (TPSA) is 425 Å². The Kier molecular flexibility index (Phi) is 20.8. The number of hydrogen-bond donors (Lipinski definition) is 6. The molecule has 4 aliphatic rings. The third kappa shape index (κ3) is 14.7. The monoisotopic (exact) mass is 1360 g/mol. The van der Waals surface area contributed by atoms with Crippen LogP contribution in [0, 0.1) is 0 Å². The van der Waals surface area contributed by atoms with Gasteiger partial charge in [0.1, 0.15) is 22.1 Å². The van der Waals surface area contributed by atoms with E-state index in [2.05, 4.69) is 0 Å². The highest BCUT2D eigenvalue weighted by atomic mass is 32.2. The Balaban J connectivity index is 1.25. The number of rotatable bonds is 31. The van der Waals surface area contributed by atoms with Gasteiger partial charge in [-0.15, -0.1) is 5.06 Å². The van der Waals surface area contributed by atoms with Crippen LogP contribution in [0.15, 0.2) is 103 Å². The number of allylic oxidation sites excluding steroid dienone is 5. The Morgan fingerprint density at radius 1 is 0.622 bits per heavy atom. The summed E-state index contributed by atoms with van der Waals surface area (Å²) in [5.41, 5.74) is -2.84. The molecular weight excluding hydrogens is 1290 g/mol. The van der Waals surface area contributed by atoms with E-state index in [0.29, 0.717) is 43.6 Å². The van der Waals surface area contributed by atoms with Crippen molar-refractivity contribution in [3.8, 4) is 0 Å². The number of aliphatic hydroxyl groups is 1. The molecule has 1 fully saturated rings. The fourth-order valence-electron chi connectivity index (χ4n) is 11.7. The van der Waals surface area contributed by atoms with E-state index in [9.17, 15) is 89.1 Å². The van der Waals surface area contributed by atoms with Crippen LogP contribution in [0.3, 0.4) is 0 Å². The van der Waals surface area contributed by atoms with Crippen molar-refractivity contribution < 1.29 is 122 Å². The van der Waals surface area contributed by atoms with E-state index in [0.717, 1.165) is 12.1 Å². The highest BCUT2D eigenvalue weighted by molar-refractivity contribution is 7.87. The number of carbonyl (C=O) groups is 4. The molecule has 1 aliphatic carbocycles. The van der Waals surface area contributed by atoms with Crippen LogP contribution in [0.1, 0.15) is 76.8 Å². The average molecular weight is 1360 g/mol. The Morgan fingerprint density at radius 2 is 1.13 bits per heavy atom. The molecule has 8 rings (SSSR count). The SMILES string of the molecule is CC[N+]1=C(/C=C2\C(=O)C(/C=C3/N(CCCC(=O)ON4C(=O)CCC4=O)c4ccc5c(S(=O)(=O)O)cc(S(=O)(=O)O)cc5c4C3(C)CCOCCOCCOCCOCCOC)=C2O)C(C)(CCCS(=O)(=O)O)c2c1ccc1c(S(=O)(=O)O)cc(S(=O)(=O)O)cc21. The van der Waals surface area contributed by atoms with Crippen molar-refractivity contribution in [1.82, 2.24) is 5.06 Å². The molecule has 0 aromatic heterocycles. The van der Waals surface area contributed by atoms with Crippen LogP contribution in [0.4, 0.5) is 11.4 Å². The van der Waals surface area contributed by atoms with Gasteiger partial charge < -0.3 is 38.5 Å². The van der Waals surface area contributed by atoms with Crippen molar-refractivity contribution >= 4 is 113 Å². The molecule has 0 spiro atoms. The highest BCUT2D eigenvalue weighted by Crippen LogP contribution is 2.55. The summed E-state index contributed by atoms with van der Waals surface area (Å²) in [6.07, 6.45) is 0.964. The van der Waals surface area contributed by atoms with Gasteiger partial charge in [0.15, 0.2) is 5.71 Å². The lowest BCUT2D eigenvalue weighted by Crippen LogP contribution is -2.35. The molecule has 4 aromatic carbocycles. The maximum absolute atomic E-state index is 15.0. The molecule has 2 unspecified atom stereocenters. The second kappa shape index (κ2) is 27.0. The predicted molar refractivity (Wildman–Crippen MR) is 317 cm³/mol. The molecule has 0 bridgehead atoms. The molecule has 90 heavy (non-hydrogen) atoms. The summed E-state index contributed by atoms with van der Waals surface area (Å²) in [5.74, 6) is -4.78. The van der Waals surface area contributed by atoms with Crippen LogP contribution in [-0.4, -0.2) is 194 Å². The second-order valence-electron chi connectivity index (χ2n) is 21.7. The molecule has 29 nitrogen and oxygen atoms in total. The van der Waals surface area contributed by atoms with Crippen LogP contribution < -0.4 is 4.90 Å². The summed E-state index contributed by atoms with van der Waals surface area (Å²) >= 11 is 0. The minimum atomic E-state index is -5.26. The number of imide groups is 1. The average Bonchev–Trinajstić information content (AvgIpc) is 1.52. The Hall–Kier alpha value is -6.48. The summed E-state index contributed by atoms with van der Waals surface area (Å²) in [6, 6.07) is 8.40. The van der Waals surface area contributed by atoms with Crippen molar-refractivity contribution in [3.05, 3.63) is 94.4 Å². The van der Waals surface area contributed by atoms with Crippen LogP contribution >= 0.6 is 0 Å². The first kappa shape index (κ1) is 69.4. The van der Waals surface area contributed by atoms with Gasteiger partial charge in [0.2, 0.25) is 11.5 Å². The lowest BCUT2D eigenvalue weighted by molar-refractivity contribution is -0.433. The number of amides is 2. The fourth-order valence-corrected chi connectivity index (χ4v) is 14.9. The fraction of sp³-hybridized carbons (Fsp3) is 0.446. The Bertz CT molecular complexity index is 4320. The number of methoxy groups -OCH3 is 1. The van der Waals surface area contributed by atoms with Gasteiger partial charge in [0.25, 0.3) is 62.4 Å². The van der Waals surface area contributed by atoms with E-state index < -0.39 is 123 Å². The van der Waals surface area contributed by atoms with Crippen LogP contribution in [0.2, 0.25) is 0 Å². The number of fused-ring (bicyclic) bond motifs is 6. The molecule has 0 saturated carbocycles. The molecule has 6 N–H and O–H groups in total. The number of benzene rings is 4. The molecule has 3 heterocycles. The van der Waals surface area contributed by atoms with Gasteiger partial charge in [-0.2, -0.15) is 46.7 Å². The lowest BCUT2D eigenvalue weighted by atomic mass is 9.72. The van der Waals surface area contributed by atoms with Crippen molar-refractivity contribution in [3.63, 3.8) is 0 Å². The number of ether oxygens (including phenoxy) is 5. The number of hydrogen-bond acceptors (Lipinski definition) is 22. The number of nitrogens with zero attached hydrogens (tertiary/aromatic N) is 3. The molecule has 2 atom stereocenters. The van der Waals surface area contributed by atoms with Crippen molar-refractivity contribution in [1.29, 1.82) is 0 Å². The molecule has 3 aliphatic heterocycles. The van der Waals surface area contributed by atoms with Crippen molar-refractivity contribution in [2.75, 3.05) is 90.3 Å². The zero-order valence-electron chi connectivity index (χ0n) is 48.9. The lowest BCUT2D eigenvalue weighted by Gasteiger charge is -2.32. The van der Waals surface area contributed by atoms with Crippen LogP contribution in [0.25, 0.3) is 21.5 Å². The highest BCUT2D eigenvalue weighted by Gasteiger charge is 2.52. The van der Waals surface area contributed by atoms with Crippen LogP contribution in [0.5, 0.6) is 0 Å². The first-order valence-electron chi connectivity index (χ1n) is 27.9. The third-order valence-corrected chi connectivity index (χ3v) is 20.1. The molecule has 0 radical (unpaired) electrons. The summed E-state index contributed by atoms with van der Waals surface area (Å²) in [7, 11) is -24.0.